The van der Waals surface area contributed by atoms with Gasteiger partial charge in [0.2, 0.25) is 11.9 Å². The van der Waals surface area contributed by atoms with Gasteiger partial charge in [-0.15, -0.1) is 11.3 Å². The molecule has 1 aliphatic carbocycles. The van der Waals surface area contributed by atoms with Crippen molar-refractivity contribution in [2.24, 2.45) is 0 Å². The molecule has 1 fully saturated rings. The van der Waals surface area contributed by atoms with Crippen LogP contribution in [0.1, 0.15) is 50.8 Å². The average molecular weight is 486 g/mol. The highest BCUT2D eigenvalue weighted by atomic mass is 32.1. The summed E-state index contributed by atoms with van der Waals surface area (Å²) in [5.41, 5.74) is 3.30. The predicted molar refractivity (Wildman–Crippen MR) is 141 cm³/mol. The van der Waals surface area contributed by atoms with Crippen molar-refractivity contribution in [1.82, 2.24) is 14.5 Å². The van der Waals surface area contributed by atoms with E-state index in [1.165, 1.54) is 43.6 Å². The van der Waals surface area contributed by atoms with Gasteiger partial charge in [-0.1, -0.05) is 49.6 Å². The van der Waals surface area contributed by atoms with Crippen LogP contribution in [0, 0.1) is 0 Å². The van der Waals surface area contributed by atoms with Gasteiger partial charge in [0.15, 0.2) is 5.13 Å². The fourth-order valence-corrected chi connectivity index (χ4v) is 5.47. The van der Waals surface area contributed by atoms with Crippen LogP contribution >= 0.6 is 11.3 Å². The molecule has 0 radical (unpaired) electrons. The van der Waals surface area contributed by atoms with E-state index in [1.807, 2.05) is 53.9 Å². The topological polar surface area (TPSA) is 80.1 Å². The van der Waals surface area contributed by atoms with Crippen LogP contribution in [0.3, 0.4) is 0 Å². The third-order valence-corrected chi connectivity index (χ3v) is 7.05. The van der Waals surface area contributed by atoms with E-state index in [-0.39, 0.29) is 11.8 Å². The van der Waals surface area contributed by atoms with Gasteiger partial charge in [-0.05, 0) is 43.2 Å². The first-order chi connectivity index (χ1) is 17.1. The van der Waals surface area contributed by atoms with Crippen LogP contribution in [0.15, 0.2) is 66.1 Å². The third-order valence-electron chi connectivity index (χ3n) is 6.21. The summed E-state index contributed by atoms with van der Waals surface area (Å²) in [5.74, 6) is 0.192. The Kier molecular flexibility index (Phi) is 6.72. The van der Waals surface area contributed by atoms with Crippen LogP contribution in [0.5, 0.6) is 0 Å². The van der Waals surface area contributed by atoms with Crippen LogP contribution < -0.4 is 10.2 Å². The lowest BCUT2D eigenvalue weighted by Gasteiger charge is -2.25. The van der Waals surface area contributed by atoms with Crippen molar-refractivity contribution in [3.8, 4) is 0 Å². The summed E-state index contributed by atoms with van der Waals surface area (Å²) in [6, 6.07) is 17.7. The van der Waals surface area contributed by atoms with E-state index in [0.717, 1.165) is 29.6 Å². The Morgan fingerprint density at radius 3 is 2.54 bits per heavy atom. The predicted octanol–water partition coefficient (Wildman–Crippen LogP) is 6.33. The number of hydrogen-bond acceptors (Lipinski definition) is 5. The summed E-state index contributed by atoms with van der Waals surface area (Å²) in [7, 11) is 0. The number of benzene rings is 2. The van der Waals surface area contributed by atoms with Crippen molar-refractivity contribution in [2.45, 2.75) is 45.1 Å². The van der Waals surface area contributed by atoms with Crippen molar-refractivity contribution < 1.29 is 9.59 Å². The molecule has 5 rings (SSSR count). The molecule has 0 bridgehead atoms. The molecule has 178 valence electrons. The monoisotopic (exact) mass is 485 g/mol. The second-order valence-corrected chi connectivity index (χ2v) is 9.49. The third kappa shape index (κ3) is 5.02. The summed E-state index contributed by atoms with van der Waals surface area (Å²) < 4.78 is 2.19. The highest BCUT2D eigenvalue weighted by molar-refractivity contribution is 7.14. The number of aromatic nitrogens is 3. The second-order valence-electron chi connectivity index (χ2n) is 8.65. The average Bonchev–Trinajstić information content (AvgIpc) is 3.48. The minimum atomic E-state index is -0.265. The van der Waals surface area contributed by atoms with Crippen LogP contribution in [-0.4, -0.2) is 26.3 Å². The van der Waals surface area contributed by atoms with Gasteiger partial charge in [-0.2, -0.15) is 0 Å². The maximum Gasteiger partial charge on any atom is 0.250 e. The lowest BCUT2D eigenvalue weighted by molar-refractivity contribution is -0.116. The number of amides is 2. The molecule has 2 heterocycles. The smallest absolute Gasteiger partial charge is 0.250 e. The van der Waals surface area contributed by atoms with Gasteiger partial charge in [-0.3, -0.25) is 19.8 Å². The highest BCUT2D eigenvalue weighted by Gasteiger charge is 2.22. The maximum atomic E-state index is 12.8. The largest absolute Gasteiger partial charge is 0.307 e. The van der Waals surface area contributed by atoms with Gasteiger partial charge in [0, 0.05) is 24.4 Å². The minimum absolute atomic E-state index is 0.125. The van der Waals surface area contributed by atoms with E-state index >= 15 is 0 Å². The molecule has 0 spiro atoms. The number of hydrogen-bond donors (Lipinski definition) is 1. The lowest BCUT2D eigenvalue weighted by Crippen LogP contribution is -2.22. The number of nitrogens with one attached hydrogen (secondary N) is 1. The van der Waals surface area contributed by atoms with E-state index < -0.39 is 0 Å². The molecule has 2 aromatic carbocycles. The van der Waals surface area contributed by atoms with E-state index in [4.69, 9.17) is 4.98 Å². The Bertz CT molecular complexity index is 1370. The molecule has 0 unspecified atom stereocenters. The summed E-state index contributed by atoms with van der Waals surface area (Å²) in [5, 5.41) is 5.37. The first-order valence-electron chi connectivity index (χ1n) is 11.9. The summed E-state index contributed by atoms with van der Waals surface area (Å²) in [6.07, 6.45) is 8.95. The van der Waals surface area contributed by atoms with Crippen LogP contribution in [0.4, 0.5) is 16.8 Å². The fraction of sp³-hybridized carbons (Fsp3) is 0.259. The molecule has 0 aliphatic heterocycles. The molecule has 2 amide bonds. The number of fused-ring (bicyclic) bond motifs is 1. The molecule has 1 N–H and O–H groups in total. The number of anilines is 3. The number of carbonyl (C=O) groups excluding carboxylic acids is 2. The van der Waals surface area contributed by atoms with Gasteiger partial charge in [0.25, 0.3) is 5.91 Å². The van der Waals surface area contributed by atoms with Crippen molar-refractivity contribution in [1.29, 1.82) is 0 Å². The Morgan fingerprint density at radius 2 is 1.77 bits per heavy atom. The molecule has 0 saturated heterocycles. The van der Waals surface area contributed by atoms with Gasteiger partial charge in [-0.25, -0.2) is 9.97 Å². The molecular weight excluding hydrogens is 458 g/mol. The number of imidazole rings is 1. The summed E-state index contributed by atoms with van der Waals surface area (Å²) in [4.78, 5) is 35.9. The first kappa shape index (κ1) is 23.0. The summed E-state index contributed by atoms with van der Waals surface area (Å²) in [6.45, 7) is 1.51. The zero-order valence-electron chi connectivity index (χ0n) is 19.6. The summed E-state index contributed by atoms with van der Waals surface area (Å²) >= 11 is 1.36. The molecular formula is C27H27N5O2S. The molecule has 35 heavy (non-hydrogen) atoms. The van der Waals surface area contributed by atoms with Crippen molar-refractivity contribution >= 4 is 57.0 Å². The number of rotatable bonds is 6. The maximum absolute atomic E-state index is 12.8. The Balaban J connectivity index is 1.34. The highest BCUT2D eigenvalue weighted by Crippen LogP contribution is 2.34. The fourth-order valence-electron chi connectivity index (χ4n) is 4.61. The Morgan fingerprint density at radius 1 is 1.03 bits per heavy atom. The van der Waals surface area contributed by atoms with Gasteiger partial charge in [0.05, 0.1) is 22.4 Å². The molecule has 8 heteroatoms. The molecule has 2 aromatic heterocycles. The van der Waals surface area contributed by atoms with E-state index in [2.05, 4.69) is 20.9 Å². The second kappa shape index (κ2) is 10.2. The molecule has 1 aliphatic rings. The van der Waals surface area contributed by atoms with Crippen molar-refractivity contribution in [3.05, 3.63) is 71.7 Å². The van der Waals surface area contributed by atoms with E-state index in [0.29, 0.717) is 22.8 Å². The Hall–Kier alpha value is -3.78. The standard InChI is InChI=1S/C27H27N5O2S/c1-19(33)31(21-10-4-2-5-11-21)27-28-20(18-35-27)16-17-25(34)30-26-29-23-14-8-9-15-24(23)32(26)22-12-6-3-7-13-22/h2,4-5,8-11,14-18,22H,3,6-7,12-13H2,1H3,(H,29,30,34). The number of nitrogens with zero attached hydrogens (tertiary/aromatic N) is 4. The zero-order valence-corrected chi connectivity index (χ0v) is 20.4. The van der Waals surface area contributed by atoms with Crippen molar-refractivity contribution in [2.75, 3.05) is 10.2 Å². The van der Waals surface area contributed by atoms with Gasteiger partial charge < -0.3 is 4.57 Å². The minimum Gasteiger partial charge on any atom is -0.307 e. The number of carbonyl (C=O) groups is 2. The number of para-hydroxylation sites is 3. The quantitative estimate of drug-likeness (QED) is 0.323. The van der Waals surface area contributed by atoms with Gasteiger partial charge >= 0.3 is 0 Å². The molecule has 4 aromatic rings. The van der Waals surface area contributed by atoms with Crippen LogP contribution in [0.25, 0.3) is 17.1 Å². The van der Waals surface area contributed by atoms with E-state index in [9.17, 15) is 9.59 Å². The zero-order chi connectivity index (χ0) is 24.2. The lowest BCUT2D eigenvalue weighted by atomic mass is 9.95. The van der Waals surface area contributed by atoms with Gasteiger partial charge in [0.1, 0.15) is 0 Å². The SMILES string of the molecule is CC(=O)N(c1ccccc1)c1nc(C=CC(=O)Nc2nc3ccccc3n2C2CCCCC2)cs1. The van der Waals surface area contributed by atoms with Crippen LogP contribution in [-0.2, 0) is 9.59 Å². The molecule has 1 saturated carbocycles. The van der Waals surface area contributed by atoms with E-state index in [1.54, 1.807) is 11.0 Å². The van der Waals surface area contributed by atoms with Crippen molar-refractivity contribution in [3.63, 3.8) is 0 Å². The van der Waals surface area contributed by atoms with Crippen LogP contribution in [0.2, 0.25) is 0 Å². The number of thiazole rings is 1. The molecule has 7 nitrogen and oxygen atoms in total. The normalized spacial score (nSPS) is 14.4. The Labute approximate surface area is 208 Å². The molecule has 0 atom stereocenters. The first-order valence-corrected chi connectivity index (χ1v) is 12.8.